The van der Waals surface area contributed by atoms with Gasteiger partial charge in [0, 0.05) is 25.8 Å². The van der Waals surface area contributed by atoms with Crippen LogP contribution < -0.4 is 43.8 Å². The van der Waals surface area contributed by atoms with Gasteiger partial charge in [-0.3, -0.25) is 38.6 Å². The van der Waals surface area contributed by atoms with Gasteiger partial charge < -0.3 is 48.9 Å². The summed E-state index contributed by atoms with van der Waals surface area (Å²) in [6.07, 6.45) is 0.947. The number of carbonyl (C=O) groups is 7. The molecule has 12 N–H and O–H groups in total. The van der Waals surface area contributed by atoms with Crippen molar-refractivity contribution in [2.24, 2.45) is 22.2 Å². The van der Waals surface area contributed by atoms with Crippen LogP contribution in [0.3, 0.4) is 0 Å². The maximum absolute atomic E-state index is 14.6. The fraction of sp³-hybridized carbons (Fsp3) is 0.362. The second-order valence-electron chi connectivity index (χ2n) is 16.1. The Morgan fingerprint density at radius 1 is 0.672 bits per heavy atom. The summed E-state index contributed by atoms with van der Waals surface area (Å²) in [5.41, 5.74) is 17.4. The Hall–Kier alpha value is -7.30. The van der Waals surface area contributed by atoms with Crippen molar-refractivity contribution in [3.63, 3.8) is 0 Å². The van der Waals surface area contributed by atoms with Gasteiger partial charge in [-0.05, 0) is 71.9 Å². The highest BCUT2D eigenvalue weighted by Gasteiger charge is 2.45. The summed E-state index contributed by atoms with van der Waals surface area (Å²) in [6, 6.07) is 28.2. The molecule has 338 valence electrons. The number of rotatable bonds is 22. The summed E-state index contributed by atoms with van der Waals surface area (Å²) in [5.74, 6) is -5.41. The molecule has 0 spiro atoms. The molecular formula is C47H57N9O8. The van der Waals surface area contributed by atoms with Gasteiger partial charge in [0.05, 0.1) is 13.0 Å². The topological polar surface area (TPSA) is 290 Å². The van der Waals surface area contributed by atoms with E-state index in [1.165, 1.54) is 0 Å². The highest BCUT2D eigenvalue weighted by Crippen LogP contribution is 2.38. The molecule has 0 aliphatic heterocycles. The van der Waals surface area contributed by atoms with Crippen molar-refractivity contribution in [2.45, 2.75) is 93.8 Å². The number of nitrogens with zero attached hydrogens (tertiary/aromatic N) is 1. The SMILES string of the molecule is NC(=O)CNC(=O)[C@H](Cc1ccc2ccccc2c1)NC(=O)[C@H](CCCN=C(N)N)NC(=O)[C@@H](Cc1ccccc1)NC(=O)C1(NC(=O)CCC(=O)O)CCC(c2ccccc2)CC1. The second kappa shape index (κ2) is 23.2. The number of primary amides is 1. The van der Waals surface area contributed by atoms with Crippen molar-refractivity contribution in [3.05, 3.63) is 120 Å². The standard InChI is InChI=1S/C47H57N9O8/c48-39(57)29-52-42(61)37(28-31-17-18-33-14-7-8-15-35(33)26-31)54-43(62)36(16-9-25-51-46(49)50)53-44(63)38(27-30-10-3-1-4-11-30)55-45(64)47(56-40(58)19-20-41(59)60)23-21-34(22-24-47)32-12-5-2-6-13-32/h1-8,10-15,17-18,26,34,36-38H,9,16,19-25,27-29H2,(H2,48,57)(H,52,61)(H,53,63)(H,54,62)(H,55,64)(H,56,58)(H,59,60)(H4,49,50,51)/t34?,36-,37-,38+,47?/m0/s1. The summed E-state index contributed by atoms with van der Waals surface area (Å²) in [6.45, 7) is -0.364. The quantitative estimate of drug-likeness (QED) is 0.0314. The first-order chi connectivity index (χ1) is 30.7. The van der Waals surface area contributed by atoms with Gasteiger partial charge >= 0.3 is 5.97 Å². The van der Waals surface area contributed by atoms with E-state index < -0.39 is 78.0 Å². The molecule has 1 aliphatic rings. The van der Waals surface area contributed by atoms with E-state index in [2.05, 4.69) is 31.6 Å². The van der Waals surface area contributed by atoms with E-state index in [1.54, 1.807) is 30.3 Å². The number of hydrogen-bond acceptors (Lipinski definition) is 8. The third kappa shape index (κ3) is 14.4. The van der Waals surface area contributed by atoms with Crippen molar-refractivity contribution >= 4 is 58.1 Å². The highest BCUT2D eigenvalue weighted by molar-refractivity contribution is 5.98. The van der Waals surface area contributed by atoms with E-state index >= 15 is 0 Å². The predicted octanol–water partition coefficient (Wildman–Crippen LogP) is 1.81. The number of carboxylic acid groups (broad SMARTS) is 1. The molecule has 0 unspecified atom stereocenters. The molecule has 17 nitrogen and oxygen atoms in total. The number of guanidine groups is 1. The van der Waals surface area contributed by atoms with Crippen LogP contribution in [0, 0.1) is 0 Å². The zero-order valence-corrected chi connectivity index (χ0v) is 35.6. The van der Waals surface area contributed by atoms with Gasteiger partial charge in [0.1, 0.15) is 23.7 Å². The molecule has 4 aromatic carbocycles. The number of benzene rings is 4. The molecular weight excluding hydrogens is 819 g/mol. The van der Waals surface area contributed by atoms with Crippen molar-refractivity contribution in [3.8, 4) is 0 Å². The fourth-order valence-electron chi connectivity index (χ4n) is 7.91. The van der Waals surface area contributed by atoms with E-state index in [4.69, 9.17) is 17.2 Å². The van der Waals surface area contributed by atoms with Crippen LogP contribution in [-0.2, 0) is 46.4 Å². The number of carbonyl (C=O) groups excluding carboxylic acids is 6. The maximum Gasteiger partial charge on any atom is 0.303 e. The molecule has 0 heterocycles. The number of fused-ring (bicyclic) bond motifs is 1. The van der Waals surface area contributed by atoms with Crippen molar-refractivity contribution in [2.75, 3.05) is 13.1 Å². The number of nitrogens with two attached hydrogens (primary N) is 3. The van der Waals surface area contributed by atoms with Gasteiger partial charge in [-0.2, -0.15) is 0 Å². The van der Waals surface area contributed by atoms with Crippen LogP contribution >= 0.6 is 0 Å². The molecule has 0 saturated heterocycles. The third-order valence-corrected chi connectivity index (χ3v) is 11.3. The lowest BCUT2D eigenvalue weighted by Gasteiger charge is -2.40. The van der Waals surface area contributed by atoms with Gasteiger partial charge in [-0.25, -0.2) is 0 Å². The fourth-order valence-corrected chi connectivity index (χ4v) is 7.91. The summed E-state index contributed by atoms with van der Waals surface area (Å²) in [4.78, 5) is 97.1. The number of amides is 6. The Labute approximate surface area is 371 Å². The molecule has 1 saturated carbocycles. The molecule has 0 aromatic heterocycles. The van der Waals surface area contributed by atoms with Crippen LogP contribution in [0.4, 0.5) is 0 Å². The highest BCUT2D eigenvalue weighted by atomic mass is 16.4. The van der Waals surface area contributed by atoms with Gasteiger partial charge in [0.25, 0.3) is 0 Å². The first kappa shape index (κ1) is 47.7. The number of aliphatic carboxylic acids is 1. The zero-order chi connectivity index (χ0) is 46.1. The van der Waals surface area contributed by atoms with Gasteiger partial charge in [0.2, 0.25) is 35.4 Å². The van der Waals surface area contributed by atoms with Crippen molar-refractivity contribution in [1.82, 2.24) is 26.6 Å². The Balaban J connectivity index is 1.42. The van der Waals surface area contributed by atoms with E-state index in [9.17, 15) is 38.7 Å². The summed E-state index contributed by atoms with van der Waals surface area (Å²) in [7, 11) is 0. The molecule has 0 radical (unpaired) electrons. The van der Waals surface area contributed by atoms with Crippen LogP contribution in [0.5, 0.6) is 0 Å². The largest absolute Gasteiger partial charge is 0.481 e. The Bertz CT molecular complexity index is 2300. The molecule has 0 bridgehead atoms. The van der Waals surface area contributed by atoms with Crippen LogP contribution in [0.25, 0.3) is 10.8 Å². The molecule has 3 atom stereocenters. The average Bonchev–Trinajstić information content (AvgIpc) is 3.28. The lowest BCUT2D eigenvalue weighted by Crippen LogP contribution is -2.64. The average molecular weight is 876 g/mol. The van der Waals surface area contributed by atoms with Crippen LogP contribution in [0.2, 0.25) is 0 Å². The summed E-state index contributed by atoms with van der Waals surface area (Å²) in [5, 5.41) is 24.9. The first-order valence-electron chi connectivity index (χ1n) is 21.3. The summed E-state index contributed by atoms with van der Waals surface area (Å²) < 4.78 is 0. The van der Waals surface area contributed by atoms with Crippen molar-refractivity contribution in [1.29, 1.82) is 0 Å². The van der Waals surface area contributed by atoms with Crippen LogP contribution in [0.1, 0.15) is 74.0 Å². The predicted molar refractivity (Wildman–Crippen MR) is 241 cm³/mol. The third-order valence-electron chi connectivity index (χ3n) is 11.3. The van der Waals surface area contributed by atoms with Crippen LogP contribution in [0.15, 0.2) is 108 Å². The Morgan fingerprint density at radius 2 is 1.27 bits per heavy atom. The monoisotopic (exact) mass is 875 g/mol. The molecule has 5 rings (SSSR count). The minimum atomic E-state index is -1.47. The summed E-state index contributed by atoms with van der Waals surface area (Å²) >= 11 is 0. The van der Waals surface area contributed by atoms with E-state index in [0.29, 0.717) is 24.0 Å². The number of hydrogen-bond donors (Lipinski definition) is 9. The van der Waals surface area contributed by atoms with Gasteiger partial charge in [-0.1, -0.05) is 103 Å². The molecule has 4 aromatic rings. The van der Waals surface area contributed by atoms with E-state index in [-0.39, 0.29) is 63.4 Å². The molecule has 1 fully saturated rings. The Kier molecular flexibility index (Phi) is 17.3. The second-order valence-corrected chi connectivity index (χ2v) is 16.1. The van der Waals surface area contributed by atoms with Gasteiger partial charge in [-0.15, -0.1) is 0 Å². The lowest BCUT2D eigenvalue weighted by atomic mass is 9.73. The number of aliphatic imine (C=N–C) groups is 1. The number of nitrogens with one attached hydrogen (secondary N) is 5. The minimum absolute atomic E-state index is 0.00343. The molecule has 1 aliphatic carbocycles. The Morgan fingerprint density at radius 3 is 1.92 bits per heavy atom. The first-order valence-corrected chi connectivity index (χ1v) is 21.3. The molecule has 6 amide bonds. The minimum Gasteiger partial charge on any atom is -0.481 e. The zero-order valence-electron chi connectivity index (χ0n) is 35.6. The maximum atomic E-state index is 14.6. The van der Waals surface area contributed by atoms with E-state index in [1.807, 2.05) is 72.8 Å². The van der Waals surface area contributed by atoms with Crippen LogP contribution in [-0.4, -0.2) is 89.2 Å². The van der Waals surface area contributed by atoms with Crippen molar-refractivity contribution < 1.29 is 38.7 Å². The van der Waals surface area contributed by atoms with E-state index in [0.717, 1.165) is 16.3 Å². The smallest absolute Gasteiger partial charge is 0.303 e. The number of carboxylic acids is 1. The normalized spacial score (nSPS) is 17.1. The van der Waals surface area contributed by atoms with Gasteiger partial charge in [0.15, 0.2) is 5.96 Å². The molecule has 64 heavy (non-hydrogen) atoms. The lowest BCUT2D eigenvalue weighted by molar-refractivity contribution is -0.140. The molecule has 17 heteroatoms.